The summed E-state index contributed by atoms with van der Waals surface area (Å²) in [5.74, 6) is -0.0621. The molecule has 0 aromatic heterocycles. The van der Waals surface area contributed by atoms with Crippen molar-refractivity contribution < 1.29 is 19.1 Å². The van der Waals surface area contributed by atoms with Gasteiger partial charge in [0.15, 0.2) is 0 Å². The van der Waals surface area contributed by atoms with E-state index in [1.807, 2.05) is 30.3 Å². The lowest BCUT2D eigenvalue weighted by Gasteiger charge is -2.42. The summed E-state index contributed by atoms with van der Waals surface area (Å²) >= 11 is 5.99. The van der Waals surface area contributed by atoms with Gasteiger partial charge < -0.3 is 15.4 Å². The molecule has 2 fully saturated rings. The minimum atomic E-state index is -0.410. The molecule has 32 heavy (non-hydrogen) atoms. The van der Waals surface area contributed by atoms with Gasteiger partial charge in [0, 0.05) is 23.5 Å². The van der Waals surface area contributed by atoms with Gasteiger partial charge in [0.25, 0.3) is 0 Å². The molecule has 1 saturated heterocycles. The molecule has 2 aromatic rings. The van der Waals surface area contributed by atoms with Crippen molar-refractivity contribution in [2.45, 2.75) is 38.4 Å². The predicted octanol–water partition coefficient (Wildman–Crippen LogP) is 3.50. The Balaban J connectivity index is 1.34. The molecule has 1 aliphatic carbocycles. The van der Waals surface area contributed by atoms with Gasteiger partial charge in [0.05, 0.1) is 19.6 Å². The fourth-order valence-electron chi connectivity index (χ4n) is 4.44. The minimum Gasteiger partial charge on any atom is -0.497 e. The largest absolute Gasteiger partial charge is 0.497 e. The summed E-state index contributed by atoms with van der Waals surface area (Å²) in [5, 5.41) is 6.53. The lowest BCUT2D eigenvalue weighted by molar-refractivity contribution is -0.139. The van der Waals surface area contributed by atoms with Gasteiger partial charge in [-0.05, 0) is 54.7 Å². The van der Waals surface area contributed by atoms with Gasteiger partial charge >= 0.3 is 6.03 Å². The highest BCUT2D eigenvalue weighted by Crippen LogP contribution is 2.33. The van der Waals surface area contributed by atoms with Gasteiger partial charge in [-0.3, -0.25) is 14.5 Å². The van der Waals surface area contributed by atoms with Crippen LogP contribution in [-0.2, 0) is 22.7 Å². The molecule has 4 rings (SSSR count). The maximum absolute atomic E-state index is 13.0. The highest BCUT2D eigenvalue weighted by atomic mass is 35.5. The molecule has 1 heterocycles. The van der Waals surface area contributed by atoms with Crippen molar-refractivity contribution in [2.24, 2.45) is 11.8 Å². The zero-order chi connectivity index (χ0) is 22.7. The third-order valence-corrected chi connectivity index (χ3v) is 6.45. The van der Waals surface area contributed by atoms with Crippen LogP contribution in [0, 0.1) is 11.8 Å². The monoisotopic (exact) mass is 455 g/mol. The van der Waals surface area contributed by atoms with Crippen molar-refractivity contribution in [3.63, 3.8) is 0 Å². The van der Waals surface area contributed by atoms with E-state index in [-0.39, 0.29) is 36.2 Å². The van der Waals surface area contributed by atoms with Crippen LogP contribution in [0.15, 0.2) is 48.5 Å². The van der Waals surface area contributed by atoms with Crippen molar-refractivity contribution in [2.75, 3.05) is 7.11 Å². The maximum Gasteiger partial charge on any atom is 0.324 e. The zero-order valence-electron chi connectivity index (χ0n) is 17.8. The lowest BCUT2D eigenvalue weighted by atomic mass is 9.76. The Morgan fingerprint density at radius 1 is 1.16 bits per heavy atom. The number of hydrogen-bond donors (Lipinski definition) is 2. The number of carbonyl (C=O) groups is 3. The number of rotatable bonds is 6. The van der Waals surface area contributed by atoms with Crippen LogP contribution in [0.2, 0.25) is 5.02 Å². The fraction of sp³-hybridized carbons (Fsp3) is 0.375. The van der Waals surface area contributed by atoms with E-state index in [1.54, 1.807) is 25.3 Å². The summed E-state index contributed by atoms with van der Waals surface area (Å²) in [6.07, 6.45) is 1.64. The smallest absolute Gasteiger partial charge is 0.324 e. The van der Waals surface area contributed by atoms with Crippen LogP contribution in [0.4, 0.5) is 4.79 Å². The zero-order valence-corrected chi connectivity index (χ0v) is 18.6. The van der Waals surface area contributed by atoms with Crippen molar-refractivity contribution >= 4 is 29.4 Å². The number of benzene rings is 2. The van der Waals surface area contributed by atoms with Gasteiger partial charge in [-0.15, -0.1) is 0 Å². The fourth-order valence-corrected chi connectivity index (χ4v) is 4.66. The van der Waals surface area contributed by atoms with Gasteiger partial charge in [0.1, 0.15) is 5.75 Å². The summed E-state index contributed by atoms with van der Waals surface area (Å²) in [6, 6.07) is 13.9. The third kappa shape index (κ3) is 4.88. The number of amides is 4. The molecule has 0 bridgehead atoms. The van der Waals surface area contributed by atoms with E-state index in [4.69, 9.17) is 16.3 Å². The number of nitrogens with zero attached hydrogens (tertiary/aromatic N) is 1. The Bertz CT molecular complexity index is 1010. The summed E-state index contributed by atoms with van der Waals surface area (Å²) in [6.45, 7) is 0.604. The van der Waals surface area contributed by atoms with Crippen LogP contribution in [0.3, 0.4) is 0 Å². The third-order valence-electron chi connectivity index (χ3n) is 6.21. The van der Waals surface area contributed by atoms with Crippen LogP contribution < -0.4 is 15.4 Å². The molecule has 1 aliphatic heterocycles. The van der Waals surface area contributed by atoms with E-state index in [0.29, 0.717) is 30.8 Å². The van der Waals surface area contributed by atoms with E-state index in [9.17, 15) is 14.4 Å². The predicted molar refractivity (Wildman–Crippen MR) is 120 cm³/mol. The van der Waals surface area contributed by atoms with Gasteiger partial charge in [-0.25, -0.2) is 4.79 Å². The second-order valence-corrected chi connectivity index (χ2v) is 8.73. The van der Waals surface area contributed by atoms with Crippen LogP contribution in [0.1, 0.15) is 30.4 Å². The molecule has 2 aromatic carbocycles. The molecular weight excluding hydrogens is 430 g/mol. The highest BCUT2D eigenvalue weighted by Gasteiger charge is 2.45. The highest BCUT2D eigenvalue weighted by molar-refractivity contribution is 6.30. The lowest BCUT2D eigenvalue weighted by Crippen LogP contribution is -2.61. The van der Waals surface area contributed by atoms with E-state index in [0.717, 1.165) is 16.9 Å². The first-order chi connectivity index (χ1) is 15.4. The van der Waals surface area contributed by atoms with Gasteiger partial charge in [-0.1, -0.05) is 35.9 Å². The molecule has 3 atom stereocenters. The van der Waals surface area contributed by atoms with Crippen molar-refractivity contribution in [1.82, 2.24) is 15.5 Å². The van der Waals surface area contributed by atoms with Crippen molar-refractivity contribution in [1.29, 1.82) is 0 Å². The summed E-state index contributed by atoms with van der Waals surface area (Å²) in [7, 11) is 1.59. The van der Waals surface area contributed by atoms with Gasteiger partial charge in [0.2, 0.25) is 11.8 Å². The van der Waals surface area contributed by atoms with Crippen LogP contribution in [0.5, 0.6) is 5.75 Å². The number of ether oxygens (including phenoxy) is 1. The summed E-state index contributed by atoms with van der Waals surface area (Å²) in [5.41, 5.74) is 1.77. The molecule has 2 N–H and O–H groups in total. The van der Waals surface area contributed by atoms with E-state index >= 15 is 0 Å². The van der Waals surface area contributed by atoms with Crippen molar-refractivity contribution in [3.8, 4) is 5.75 Å². The molecule has 8 heteroatoms. The number of imide groups is 1. The van der Waals surface area contributed by atoms with E-state index in [2.05, 4.69) is 10.6 Å². The Hall–Kier alpha value is -3.06. The normalized spacial score (nSPS) is 22.7. The van der Waals surface area contributed by atoms with Crippen LogP contribution >= 0.6 is 11.6 Å². The van der Waals surface area contributed by atoms with Crippen molar-refractivity contribution in [3.05, 3.63) is 64.7 Å². The van der Waals surface area contributed by atoms with E-state index in [1.165, 1.54) is 4.90 Å². The Morgan fingerprint density at radius 2 is 1.94 bits per heavy atom. The number of nitrogens with one attached hydrogen (secondary N) is 2. The second-order valence-electron chi connectivity index (χ2n) is 8.29. The van der Waals surface area contributed by atoms with E-state index < -0.39 is 6.03 Å². The molecule has 3 unspecified atom stereocenters. The standard InChI is InChI=1S/C24H26ClN3O4/c1-32-19-8-5-15(6-9-19)14-28-23(30)20-10-7-17(12-21(20)27-24(28)31)22(29)26-13-16-3-2-4-18(25)11-16/h2-6,8-9,11,17,20-21H,7,10,12-14H2,1H3,(H,26,29)(H,27,31). The second kappa shape index (κ2) is 9.61. The first-order valence-electron chi connectivity index (χ1n) is 10.7. The first kappa shape index (κ1) is 22.1. The molecule has 0 spiro atoms. The maximum atomic E-state index is 13.0. The number of urea groups is 1. The number of methoxy groups -OCH3 is 1. The van der Waals surface area contributed by atoms with Crippen LogP contribution in [0.25, 0.3) is 0 Å². The first-order valence-corrected chi connectivity index (χ1v) is 11.1. The summed E-state index contributed by atoms with van der Waals surface area (Å²) in [4.78, 5) is 39.7. The summed E-state index contributed by atoms with van der Waals surface area (Å²) < 4.78 is 5.15. The molecule has 2 aliphatic rings. The number of halogens is 1. The molecule has 7 nitrogen and oxygen atoms in total. The SMILES string of the molecule is COc1ccc(CN2C(=O)NC3CC(C(=O)NCc4cccc(Cl)c4)CCC3C2=O)cc1. The average molecular weight is 456 g/mol. The number of carbonyl (C=O) groups excluding carboxylic acids is 3. The molecule has 1 saturated carbocycles. The quantitative estimate of drug-likeness (QED) is 0.697. The minimum absolute atomic E-state index is 0.0641. The Morgan fingerprint density at radius 3 is 2.66 bits per heavy atom. The Kier molecular flexibility index (Phi) is 6.65. The average Bonchev–Trinajstić information content (AvgIpc) is 2.80. The topological polar surface area (TPSA) is 87.7 Å². The van der Waals surface area contributed by atoms with Gasteiger partial charge in [-0.2, -0.15) is 0 Å². The molecule has 4 amide bonds. The molecular formula is C24H26ClN3O4. The number of hydrogen-bond acceptors (Lipinski definition) is 4. The Labute approximate surface area is 192 Å². The number of fused-ring (bicyclic) bond motifs is 1. The van der Waals surface area contributed by atoms with Crippen LogP contribution in [-0.4, -0.2) is 35.9 Å². The molecule has 168 valence electrons. The molecule has 0 radical (unpaired) electrons.